The summed E-state index contributed by atoms with van der Waals surface area (Å²) >= 11 is 0. The average Bonchev–Trinajstić information content (AvgIpc) is 2.91. The van der Waals surface area contributed by atoms with E-state index in [1.54, 1.807) is 0 Å². The molecule has 1 heterocycles. The monoisotopic (exact) mass is 193 g/mol. The fraction of sp³-hybridized carbons (Fsp3) is 0.727. The molecular formula is C11H19N3. The Morgan fingerprint density at radius 1 is 1.57 bits per heavy atom. The highest BCUT2D eigenvalue weighted by Gasteiger charge is 2.19. The largest absolute Gasteiger partial charge is 0.334 e. The van der Waals surface area contributed by atoms with Crippen molar-refractivity contribution in [1.82, 2.24) is 14.9 Å². The van der Waals surface area contributed by atoms with Crippen LogP contribution >= 0.6 is 0 Å². The van der Waals surface area contributed by atoms with Crippen LogP contribution < -0.4 is 5.32 Å². The molecule has 78 valence electrons. The molecule has 1 aromatic rings. The predicted octanol–water partition coefficient (Wildman–Crippen LogP) is 1.45. The second-order valence-corrected chi connectivity index (χ2v) is 4.04. The Morgan fingerprint density at radius 3 is 3.14 bits per heavy atom. The van der Waals surface area contributed by atoms with Gasteiger partial charge in [-0.3, -0.25) is 0 Å². The molecule has 1 N–H and O–H groups in total. The highest BCUT2D eigenvalue weighted by molar-refractivity contribution is 4.91. The van der Waals surface area contributed by atoms with E-state index < -0.39 is 0 Å². The highest BCUT2D eigenvalue weighted by Crippen LogP contribution is 2.27. The smallest absolute Gasteiger partial charge is 0.108 e. The Balaban J connectivity index is 1.68. The Labute approximate surface area is 85.5 Å². The summed E-state index contributed by atoms with van der Waals surface area (Å²) in [5.41, 5.74) is 0. The van der Waals surface area contributed by atoms with Crippen LogP contribution in [0.2, 0.25) is 0 Å². The van der Waals surface area contributed by atoms with Gasteiger partial charge in [0.2, 0.25) is 0 Å². The minimum absolute atomic E-state index is 0.975. The van der Waals surface area contributed by atoms with Crippen LogP contribution in [-0.4, -0.2) is 22.6 Å². The number of hydrogen-bond donors (Lipinski definition) is 1. The van der Waals surface area contributed by atoms with Crippen molar-refractivity contribution in [2.45, 2.75) is 32.7 Å². The van der Waals surface area contributed by atoms with Crippen LogP contribution in [0, 0.1) is 5.92 Å². The lowest BCUT2D eigenvalue weighted by Crippen LogP contribution is -2.22. The van der Waals surface area contributed by atoms with Gasteiger partial charge in [0, 0.05) is 31.9 Å². The lowest BCUT2D eigenvalue weighted by Gasteiger charge is -2.07. The van der Waals surface area contributed by atoms with Crippen molar-refractivity contribution in [3.63, 3.8) is 0 Å². The van der Waals surface area contributed by atoms with Crippen LogP contribution in [0.15, 0.2) is 12.4 Å². The van der Waals surface area contributed by atoms with Crippen LogP contribution in [0.1, 0.15) is 25.6 Å². The topological polar surface area (TPSA) is 29.9 Å². The minimum atomic E-state index is 0.975. The fourth-order valence-electron chi connectivity index (χ4n) is 1.69. The number of aryl methyl sites for hydroxylation is 1. The third-order valence-corrected chi connectivity index (χ3v) is 2.78. The maximum Gasteiger partial charge on any atom is 0.108 e. The van der Waals surface area contributed by atoms with E-state index in [9.17, 15) is 0 Å². The van der Waals surface area contributed by atoms with Crippen molar-refractivity contribution in [2.75, 3.05) is 13.1 Å². The number of hydrogen-bond acceptors (Lipinski definition) is 2. The molecule has 0 spiro atoms. The second kappa shape index (κ2) is 4.60. The van der Waals surface area contributed by atoms with E-state index in [1.165, 1.54) is 25.2 Å². The fourth-order valence-corrected chi connectivity index (χ4v) is 1.69. The molecule has 0 radical (unpaired) electrons. The first-order chi connectivity index (χ1) is 6.90. The Morgan fingerprint density at radius 2 is 2.43 bits per heavy atom. The normalized spacial score (nSPS) is 16.1. The second-order valence-electron chi connectivity index (χ2n) is 4.04. The van der Waals surface area contributed by atoms with Crippen molar-refractivity contribution in [3.05, 3.63) is 18.2 Å². The maximum absolute atomic E-state index is 4.30. The van der Waals surface area contributed by atoms with Crippen LogP contribution in [0.25, 0.3) is 0 Å². The van der Waals surface area contributed by atoms with Crippen LogP contribution in [0.3, 0.4) is 0 Å². The van der Waals surface area contributed by atoms with Gasteiger partial charge in [-0.2, -0.15) is 0 Å². The molecule has 14 heavy (non-hydrogen) atoms. The van der Waals surface area contributed by atoms with Crippen LogP contribution in [0.5, 0.6) is 0 Å². The Kier molecular flexibility index (Phi) is 3.19. The zero-order valence-electron chi connectivity index (χ0n) is 8.87. The zero-order chi connectivity index (χ0) is 9.80. The van der Waals surface area contributed by atoms with Gasteiger partial charge in [-0.25, -0.2) is 4.98 Å². The quantitative estimate of drug-likeness (QED) is 0.693. The van der Waals surface area contributed by atoms with Gasteiger partial charge in [0.1, 0.15) is 5.82 Å². The van der Waals surface area contributed by atoms with Gasteiger partial charge in [-0.1, -0.05) is 6.92 Å². The molecule has 1 aliphatic rings. The first kappa shape index (κ1) is 9.71. The van der Waals surface area contributed by atoms with E-state index >= 15 is 0 Å². The number of aromatic nitrogens is 2. The summed E-state index contributed by atoms with van der Waals surface area (Å²) in [6, 6.07) is 0. The Bertz CT molecular complexity index is 276. The van der Waals surface area contributed by atoms with Crippen molar-refractivity contribution >= 4 is 0 Å². The molecule has 2 rings (SSSR count). The predicted molar refractivity (Wildman–Crippen MR) is 57.2 cm³/mol. The van der Waals surface area contributed by atoms with Gasteiger partial charge in [0.05, 0.1) is 0 Å². The molecule has 0 amide bonds. The van der Waals surface area contributed by atoms with Crippen LogP contribution in [-0.2, 0) is 13.0 Å². The van der Waals surface area contributed by atoms with E-state index in [1.807, 2.05) is 6.20 Å². The highest BCUT2D eigenvalue weighted by atomic mass is 15.1. The summed E-state index contributed by atoms with van der Waals surface area (Å²) in [5, 5.41) is 3.49. The molecule has 3 heteroatoms. The summed E-state index contributed by atoms with van der Waals surface area (Å²) < 4.78 is 2.24. The summed E-state index contributed by atoms with van der Waals surface area (Å²) in [6.07, 6.45) is 7.84. The standard InChI is InChI=1S/C11H19N3/c1-2-11-13-6-8-14(11)7-5-12-9-10-3-4-10/h6,8,10,12H,2-5,7,9H2,1H3. The average molecular weight is 193 g/mol. The van der Waals surface area contributed by atoms with Gasteiger partial charge in [0.25, 0.3) is 0 Å². The molecule has 0 aliphatic heterocycles. The van der Waals surface area contributed by atoms with Crippen LogP contribution in [0.4, 0.5) is 0 Å². The van der Waals surface area contributed by atoms with E-state index in [2.05, 4.69) is 28.0 Å². The van der Waals surface area contributed by atoms with Gasteiger partial charge < -0.3 is 9.88 Å². The number of rotatable bonds is 6. The summed E-state index contributed by atoms with van der Waals surface area (Å²) in [5.74, 6) is 2.17. The SMILES string of the molecule is CCc1nccn1CCNCC1CC1. The van der Waals surface area contributed by atoms with Gasteiger partial charge in [-0.05, 0) is 25.3 Å². The molecule has 1 aromatic heterocycles. The third-order valence-electron chi connectivity index (χ3n) is 2.78. The molecule has 0 atom stereocenters. The molecule has 3 nitrogen and oxygen atoms in total. The molecule has 1 aliphatic carbocycles. The molecule has 0 unspecified atom stereocenters. The van der Waals surface area contributed by atoms with E-state index in [0.29, 0.717) is 0 Å². The van der Waals surface area contributed by atoms with Crippen molar-refractivity contribution in [1.29, 1.82) is 0 Å². The number of nitrogens with zero attached hydrogens (tertiary/aromatic N) is 2. The van der Waals surface area contributed by atoms with E-state index in [0.717, 1.165) is 25.4 Å². The first-order valence-corrected chi connectivity index (χ1v) is 5.61. The summed E-state index contributed by atoms with van der Waals surface area (Å²) in [4.78, 5) is 4.30. The van der Waals surface area contributed by atoms with E-state index in [4.69, 9.17) is 0 Å². The van der Waals surface area contributed by atoms with Crippen molar-refractivity contribution in [2.24, 2.45) is 5.92 Å². The molecule has 0 saturated heterocycles. The third kappa shape index (κ3) is 2.58. The summed E-state index contributed by atoms with van der Waals surface area (Å²) in [6.45, 7) is 5.47. The molecular weight excluding hydrogens is 174 g/mol. The molecule has 0 aromatic carbocycles. The van der Waals surface area contributed by atoms with Crippen molar-refractivity contribution < 1.29 is 0 Å². The lowest BCUT2D eigenvalue weighted by atomic mass is 10.4. The molecule has 0 bridgehead atoms. The lowest BCUT2D eigenvalue weighted by molar-refractivity contribution is 0.563. The number of imidazole rings is 1. The number of nitrogens with one attached hydrogen (secondary N) is 1. The zero-order valence-corrected chi connectivity index (χ0v) is 8.87. The van der Waals surface area contributed by atoms with Gasteiger partial charge in [0.15, 0.2) is 0 Å². The van der Waals surface area contributed by atoms with E-state index in [-0.39, 0.29) is 0 Å². The summed E-state index contributed by atoms with van der Waals surface area (Å²) in [7, 11) is 0. The van der Waals surface area contributed by atoms with Gasteiger partial charge in [-0.15, -0.1) is 0 Å². The minimum Gasteiger partial charge on any atom is -0.334 e. The molecule has 1 saturated carbocycles. The van der Waals surface area contributed by atoms with Gasteiger partial charge >= 0.3 is 0 Å². The van der Waals surface area contributed by atoms with Crippen molar-refractivity contribution in [3.8, 4) is 0 Å². The molecule has 1 fully saturated rings. The first-order valence-electron chi connectivity index (χ1n) is 5.61. The Hall–Kier alpha value is -0.830. The maximum atomic E-state index is 4.30.